The molecule has 2 aromatic rings. The third-order valence-electron chi connectivity index (χ3n) is 2.70. The number of H-pyrrole nitrogens is 1. The molecule has 1 atom stereocenters. The highest BCUT2D eigenvalue weighted by molar-refractivity contribution is 7.98. The van der Waals surface area contributed by atoms with Gasteiger partial charge >= 0.3 is 0 Å². The molecule has 5 nitrogen and oxygen atoms in total. The van der Waals surface area contributed by atoms with E-state index in [1.165, 1.54) is 0 Å². The second-order valence-corrected chi connectivity index (χ2v) is 5.58. The number of aromatic nitrogens is 2. The maximum absolute atomic E-state index is 11.8. The fraction of sp³-hybridized carbons (Fsp3) is 0.385. The Morgan fingerprint density at radius 1 is 1.47 bits per heavy atom. The van der Waals surface area contributed by atoms with Gasteiger partial charge in [0.1, 0.15) is 0 Å². The largest absolute Gasteiger partial charge is 0.387 e. The molecule has 1 aromatic carbocycles. The molecule has 0 aliphatic heterocycles. The second kappa shape index (κ2) is 5.63. The van der Waals surface area contributed by atoms with Crippen LogP contribution in [0.25, 0.3) is 10.9 Å². The zero-order valence-corrected chi connectivity index (χ0v) is 11.8. The Morgan fingerprint density at radius 3 is 2.95 bits per heavy atom. The van der Waals surface area contributed by atoms with Gasteiger partial charge in [-0.05, 0) is 25.3 Å². The van der Waals surface area contributed by atoms with Gasteiger partial charge in [0.2, 0.25) is 5.95 Å². The third-order valence-corrected chi connectivity index (χ3v) is 3.62. The number of nitrogens with zero attached hydrogens (tertiary/aromatic N) is 1. The van der Waals surface area contributed by atoms with Crippen LogP contribution in [0.5, 0.6) is 0 Å². The lowest BCUT2D eigenvalue weighted by Crippen LogP contribution is -2.36. The summed E-state index contributed by atoms with van der Waals surface area (Å²) in [6, 6.07) is 7.16. The lowest BCUT2D eigenvalue weighted by molar-refractivity contribution is 0.0995. The molecular formula is C13H17N3O2S. The summed E-state index contributed by atoms with van der Waals surface area (Å²) in [5, 5.41) is 13.6. The van der Waals surface area contributed by atoms with Gasteiger partial charge in [0.15, 0.2) is 0 Å². The second-order valence-electron chi connectivity index (χ2n) is 4.72. The van der Waals surface area contributed by atoms with Crippen LogP contribution < -0.4 is 10.9 Å². The van der Waals surface area contributed by atoms with E-state index in [-0.39, 0.29) is 5.56 Å². The molecule has 0 radical (unpaired) electrons. The van der Waals surface area contributed by atoms with E-state index in [4.69, 9.17) is 0 Å². The van der Waals surface area contributed by atoms with Crippen LogP contribution in [-0.4, -0.2) is 39.2 Å². The average molecular weight is 279 g/mol. The molecule has 0 fully saturated rings. The number of para-hydroxylation sites is 1. The number of fused-ring (bicyclic) bond motifs is 1. The molecule has 0 saturated heterocycles. The first-order valence-electron chi connectivity index (χ1n) is 5.96. The summed E-state index contributed by atoms with van der Waals surface area (Å²) in [4.78, 5) is 18.8. The lowest BCUT2D eigenvalue weighted by Gasteiger charge is -2.22. The van der Waals surface area contributed by atoms with Crippen LogP contribution in [-0.2, 0) is 0 Å². The number of aromatic amines is 1. The number of thioether (sulfide) groups is 1. The Balaban J connectivity index is 2.20. The Bertz CT molecular complexity index is 625. The number of nitrogens with one attached hydrogen (secondary N) is 2. The van der Waals surface area contributed by atoms with Crippen molar-refractivity contribution in [3.05, 3.63) is 34.6 Å². The van der Waals surface area contributed by atoms with E-state index >= 15 is 0 Å². The molecule has 19 heavy (non-hydrogen) atoms. The Hall–Kier alpha value is -1.53. The summed E-state index contributed by atoms with van der Waals surface area (Å²) in [5.74, 6) is 0.989. The fourth-order valence-corrected chi connectivity index (χ4v) is 2.53. The highest BCUT2D eigenvalue weighted by Crippen LogP contribution is 2.12. The number of benzene rings is 1. The van der Waals surface area contributed by atoms with Gasteiger partial charge in [-0.3, -0.25) is 9.78 Å². The molecule has 0 spiro atoms. The Kier molecular flexibility index (Phi) is 4.11. The van der Waals surface area contributed by atoms with E-state index in [1.54, 1.807) is 36.9 Å². The normalized spacial score (nSPS) is 14.3. The molecule has 0 aliphatic carbocycles. The summed E-state index contributed by atoms with van der Waals surface area (Å²) in [7, 11) is 0. The molecule has 6 heteroatoms. The lowest BCUT2D eigenvalue weighted by atomic mass is 10.1. The quantitative estimate of drug-likeness (QED) is 0.772. The van der Waals surface area contributed by atoms with Crippen molar-refractivity contribution in [3.63, 3.8) is 0 Å². The average Bonchev–Trinajstić information content (AvgIpc) is 2.37. The van der Waals surface area contributed by atoms with E-state index in [2.05, 4.69) is 15.3 Å². The van der Waals surface area contributed by atoms with Crippen molar-refractivity contribution < 1.29 is 5.11 Å². The highest BCUT2D eigenvalue weighted by atomic mass is 32.2. The molecule has 102 valence electrons. The van der Waals surface area contributed by atoms with Crippen molar-refractivity contribution in [2.24, 2.45) is 0 Å². The molecule has 1 aromatic heterocycles. The van der Waals surface area contributed by atoms with Gasteiger partial charge in [-0.15, -0.1) is 0 Å². The van der Waals surface area contributed by atoms with E-state index in [0.717, 1.165) is 0 Å². The van der Waals surface area contributed by atoms with Crippen molar-refractivity contribution in [3.8, 4) is 0 Å². The summed E-state index contributed by atoms with van der Waals surface area (Å²) in [5.41, 5.74) is -0.389. The van der Waals surface area contributed by atoms with E-state index < -0.39 is 5.60 Å². The maximum Gasteiger partial charge on any atom is 0.260 e. The fourth-order valence-electron chi connectivity index (χ4n) is 1.81. The van der Waals surface area contributed by atoms with Gasteiger partial charge in [0.05, 0.1) is 16.5 Å². The predicted octanol–water partition coefficient (Wildman–Crippen LogP) is 1.45. The molecule has 1 unspecified atom stereocenters. The summed E-state index contributed by atoms with van der Waals surface area (Å²) in [6.45, 7) is 2.07. The SMILES string of the molecule is CSCC(C)(O)CNc1nc2ccccc2c(=O)[nH]1. The van der Waals surface area contributed by atoms with Crippen molar-refractivity contribution in [2.75, 3.05) is 23.9 Å². The van der Waals surface area contributed by atoms with Crippen molar-refractivity contribution in [2.45, 2.75) is 12.5 Å². The van der Waals surface area contributed by atoms with E-state index in [1.807, 2.05) is 12.3 Å². The van der Waals surface area contributed by atoms with Crippen LogP contribution in [0.1, 0.15) is 6.92 Å². The van der Waals surface area contributed by atoms with Crippen LogP contribution in [0.2, 0.25) is 0 Å². The molecule has 0 saturated carbocycles. The molecule has 0 amide bonds. The summed E-state index contributed by atoms with van der Waals surface area (Å²) < 4.78 is 0. The predicted molar refractivity (Wildman–Crippen MR) is 79.9 cm³/mol. The van der Waals surface area contributed by atoms with Gasteiger partial charge in [-0.2, -0.15) is 11.8 Å². The maximum atomic E-state index is 11.8. The molecule has 1 heterocycles. The smallest absolute Gasteiger partial charge is 0.260 e. The van der Waals surface area contributed by atoms with E-state index in [9.17, 15) is 9.90 Å². The zero-order valence-electron chi connectivity index (χ0n) is 10.9. The minimum atomic E-state index is -0.844. The van der Waals surface area contributed by atoms with Gasteiger partial charge in [0.25, 0.3) is 5.56 Å². The molecule has 0 aliphatic rings. The van der Waals surface area contributed by atoms with Crippen molar-refractivity contribution in [1.82, 2.24) is 9.97 Å². The number of rotatable bonds is 5. The topological polar surface area (TPSA) is 78.0 Å². The standard InChI is InChI=1S/C13H17N3O2S/c1-13(18,8-19-2)7-14-12-15-10-6-4-3-5-9(10)11(17)16-12/h3-6,18H,7-8H2,1-2H3,(H2,14,15,16,17). The van der Waals surface area contributed by atoms with Gasteiger partial charge in [0, 0.05) is 12.3 Å². The Morgan fingerprint density at radius 2 is 2.21 bits per heavy atom. The number of hydrogen-bond donors (Lipinski definition) is 3. The van der Waals surface area contributed by atoms with Crippen LogP contribution in [0.3, 0.4) is 0 Å². The minimum absolute atomic E-state index is 0.183. The first-order valence-corrected chi connectivity index (χ1v) is 7.35. The molecular weight excluding hydrogens is 262 g/mol. The summed E-state index contributed by atoms with van der Waals surface area (Å²) >= 11 is 1.57. The van der Waals surface area contributed by atoms with Crippen LogP contribution in [0, 0.1) is 0 Å². The van der Waals surface area contributed by atoms with Crippen molar-refractivity contribution >= 4 is 28.6 Å². The molecule has 2 rings (SSSR count). The van der Waals surface area contributed by atoms with E-state index in [0.29, 0.717) is 29.1 Å². The number of anilines is 1. The van der Waals surface area contributed by atoms with Crippen LogP contribution >= 0.6 is 11.8 Å². The molecule has 0 bridgehead atoms. The number of aliphatic hydroxyl groups is 1. The van der Waals surface area contributed by atoms with Gasteiger partial charge < -0.3 is 10.4 Å². The van der Waals surface area contributed by atoms with Crippen molar-refractivity contribution in [1.29, 1.82) is 0 Å². The molecule has 3 N–H and O–H groups in total. The third kappa shape index (κ3) is 3.48. The van der Waals surface area contributed by atoms with Crippen LogP contribution in [0.4, 0.5) is 5.95 Å². The van der Waals surface area contributed by atoms with Gasteiger partial charge in [-0.1, -0.05) is 12.1 Å². The Labute approximate surface area is 115 Å². The minimum Gasteiger partial charge on any atom is -0.387 e. The summed E-state index contributed by atoms with van der Waals surface area (Å²) in [6.07, 6.45) is 1.94. The van der Waals surface area contributed by atoms with Crippen LogP contribution in [0.15, 0.2) is 29.1 Å². The highest BCUT2D eigenvalue weighted by Gasteiger charge is 2.19. The number of hydrogen-bond acceptors (Lipinski definition) is 5. The monoisotopic (exact) mass is 279 g/mol. The van der Waals surface area contributed by atoms with Gasteiger partial charge in [-0.25, -0.2) is 4.98 Å². The first-order chi connectivity index (χ1) is 9.02. The first kappa shape index (κ1) is 13.9. The zero-order chi connectivity index (χ0) is 13.9.